The van der Waals surface area contributed by atoms with Gasteiger partial charge >= 0.3 is 0 Å². The highest BCUT2D eigenvalue weighted by molar-refractivity contribution is 8.00. The van der Waals surface area contributed by atoms with Crippen molar-refractivity contribution in [1.82, 2.24) is 0 Å². The number of ketones is 1. The molecule has 3 aromatic rings. The van der Waals surface area contributed by atoms with Crippen molar-refractivity contribution in [3.63, 3.8) is 0 Å². The Labute approximate surface area is 155 Å². The summed E-state index contributed by atoms with van der Waals surface area (Å²) >= 11 is 3.42. The van der Waals surface area contributed by atoms with E-state index in [9.17, 15) is 4.79 Å². The molecular formula is C21H15NOS2. The molecule has 3 aromatic carbocycles. The Morgan fingerprint density at radius 2 is 1.64 bits per heavy atom. The van der Waals surface area contributed by atoms with Gasteiger partial charge < -0.3 is 4.90 Å². The largest absolute Gasteiger partial charge is 0.337 e. The van der Waals surface area contributed by atoms with E-state index in [2.05, 4.69) is 47.4 Å². The highest BCUT2D eigenvalue weighted by Crippen LogP contribution is 2.52. The predicted octanol–water partition coefficient (Wildman–Crippen LogP) is 5.65. The Kier molecular flexibility index (Phi) is 3.61. The van der Waals surface area contributed by atoms with Crippen LogP contribution >= 0.6 is 23.5 Å². The van der Waals surface area contributed by atoms with Gasteiger partial charge in [-0.3, -0.25) is 4.79 Å². The monoisotopic (exact) mass is 361 g/mol. The van der Waals surface area contributed by atoms with Crippen molar-refractivity contribution >= 4 is 40.7 Å². The molecule has 1 unspecified atom stereocenters. The summed E-state index contributed by atoms with van der Waals surface area (Å²) in [5.74, 6) is 0.238. The van der Waals surface area contributed by atoms with Crippen LogP contribution in [0, 0.1) is 0 Å². The molecule has 2 nitrogen and oxygen atoms in total. The molecule has 0 fully saturated rings. The zero-order valence-electron chi connectivity index (χ0n) is 13.4. The van der Waals surface area contributed by atoms with E-state index in [1.807, 2.05) is 30.3 Å². The lowest BCUT2D eigenvalue weighted by Crippen LogP contribution is -2.39. The van der Waals surface area contributed by atoms with Gasteiger partial charge in [-0.1, -0.05) is 48.2 Å². The van der Waals surface area contributed by atoms with E-state index in [0.717, 1.165) is 16.1 Å². The average molecular weight is 361 g/mol. The van der Waals surface area contributed by atoms with E-state index < -0.39 is 0 Å². The molecule has 0 N–H and O–H groups in total. The standard InChI is InChI=1S/C21H15NOS2/c23-21-15-9-6-12-18-20(15)22(16-10-4-5-11-17(16)25-18)13-19(21)24-14-7-2-1-3-8-14/h1-12,19H,13H2. The number of Topliss-reactive ketones (excluding diaryl/α,β-unsaturated/α-hetero) is 1. The molecule has 25 heavy (non-hydrogen) atoms. The van der Waals surface area contributed by atoms with Crippen LogP contribution in [0.5, 0.6) is 0 Å². The van der Waals surface area contributed by atoms with E-state index >= 15 is 0 Å². The summed E-state index contributed by atoms with van der Waals surface area (Å²) in [5.41, 5.74) is 3.14. The van der Waals surface area contributed by atoms with Gasteiger partial charge in [0.25, 0.3) is 0 Å². The van der Waals surface area contributed by atoms with E-state index in [-0.39, 0.29) is 11.0 Å². The number of hydrogen-bond acceptors (Lipinski definition) is 4. The minimum Gasteiger partial charge on any atom is -0.337 e. The van der Waals surface area contributed by atoms with Gasteiger partial charge in [0.2, 0.25) is 0 Å². The van der Waals surface area contributed by atoms with Crippen LogP contribution in [-0.4, -0.2) is 17.6 Å². The maximum absolute atomic E-state index is 13.1. The number of carbonyl (C=O) groups is 1. The van der Waals surface area contributed by atoms with Gasteiger partial charge in [-0.15, -0.1) is 11.8 Å². The number of benzene rings is 3. The first-order valence-corrected chi connectivity index (χ1v) is 9.94. The van der Waals surface area contributed by atoms with Gasteiger partial charge in [0.05, 0.1) is 16.6 Å². The molecule has 5 rings (SSSR count). The number of fused-ring (bicyclic) bond motifs is 2. The van der Waals surface area contributed by atoms with Crippen LogP contribution in [0.15, 0.2) is 87.5 Å². The lowest BCUT2D eigenvalue weighted by molar-refractivity contribution is 0.0987. The molecule has 0 aliphatic carbocycles. The Morgan fingerprint density at radius 1 is 0.880 bits per heavy atom. The summed E-state index contributed by atoms with van der Waals surface area (Å²) in [5, 5.41) is -0.0960. The average Bonchev–Trinajstić information content (AvgIpc) is 2.66. The number of rotatable bonds is 2. The Balaban J connectivity index is 1.61. The van der Waals surface area contributed by atoms with Crippen molar-refractivity contribution in [2.45, 2.75) is 19.9 Å². The van der Waals surface area contributed by atoms with Crippen LogP contribution in [0.1, 0.15) is 10.4 Å². The van der Waals surface area contributed by atoms with Gasteiger partial charge in [-0.05, 0) is 36.4 Å². The topological polar surface area (TPSA) is 20.3 Å². The fourth-order valence-electron chi connectivity index (χ4n) is 3.45. The van der Waals surface area contributed by atoms with Crippen LogP contribution in [0.2, 0.25) is 0 Å². The first-order valence-electron chi connectivity index (χ1n) is 8.24. The number of carbonyl (C=O) groups excluding carboxylic acids is 1. The second-order valence-electron chi connectivity index (χ2n) is 6.12. The molecule has 0 spiro atoms. The first kappa shape index (κ1) is 15.1. The summed E-state index contributed by atoms with van der Waals surface area (Å²) in [4.78, 5) is 19.0. The van der Waals surface area contributed by atoms with Gasteiger partial charge in [0.1, 0.15) is 0 Å². The summed E-state index contributed by atoms with van der Waals surface area (Å²) in [6.45, 7) is 0.708. The second kappa shape index (κ2) is 5.97. The summed E-state index contributed by atoms with van der Waals surface area (Å²) in [6.07, 6.45) is 0. The number of nitrogens with zero attached hydrogens (tertiary/aromatic N) is 1. The normalized spacial score (nSPS) is 17.8. The number of thioether (sulfide) groups is 1. The smallest absolute Gasteiger partial charge is 0.180 e. The van der Waals surface area contributed by atoms with Crippen molar-refractivity contribution in [2.75, 3.05) is 11.4 Å². The molecule has 0 saturated carbocycles. The zero-order chi connectivity index (χ0) is 16.8. The minimum atomic E-state index is -0.0960. The van der Waals surface area contributed by atoms with E-state index in [1.165, 1.54) is 15.5 Å². The molecule has 2 aliphatic rings. The summed E-state index contributed by atoms with van der Waals surface area (Å²) in [7, 11) is 0. The third-order valence-corrected chi connectivity index (χ3v) is 6.88. The molecule has 1 atom stereocenters. The summed E-state index contributed by atoms with van der Waals surface area (Å²) < 4.78 is 0. The molecule has 4 heteroatoms. The molecule has 122 valence electrons. The van der Waals surface area contributed by atoms with Gasteiger partial charge in [-0.2, -0.15) is 0 Å². The number of anilines is 2. The van der Waals surface area contributed by atoms with Crippen molar-refractivity contribution in [3.8, 4) is 0 Å². The molecule has 2 heterocycles. The van der Waals surface area contributed by atoms with E-state index in [0.29, 0.717) is 6.54 Å². The van der Waals surface area contributed by atoms with E-state index in [1.54, 1.807) is 23.5 Å². The Bertz CT molecular complexity index is 971. The maximum Gasteiger partial charge on any atom is 0.180 e. The van der Waals surface area contributed by atoms with Gasteiger partial charge in [0.15, 0.2) is 5.78 Å². The summed E-state index contributed by atoms with van der Waals surface area (Å²) in [6, 6.07) is 24.7. The molecule has 0 saturated heterocycles. The van der Waals surface area contributed by atoms with E-state index in [4.69, 9.17) is 0 Å². The van der Waals surface area contributed by atoms with Crippen LogP contribution in [0.4, 0.5) is 11.4 Å². The number of hydrogen-bond donors (Lipinski definition) is 0. The quantitative estimate of drug-likeness (QED) is 0.588. The highest BCUT2D eigenvalue weighted by atomic mass is 32.2. The predicted molar refractivity (Wildman–Crippen MR) is 104 cm³/mol. The van der Waals surface area contributed by atoms with Crippen LogP contribution in [0.25, 0.3) is 0 Å². The minimum absolute atomic E-state index is 0.0960. The SMILES string of the molecule is O=C1c2cccc3c2N(CC1Sc1ccccc1)c1ccccc1S3. The molecule has 0 aromatic heterocycles. The fourth-order valence-corrected chi connectivity index (χ4v) is 5.68. The van der Waals surface area contributed by atoms with Gasteiger partial charge in [-0.25, -0.2) is 0 Å². The third kappa shape index (κ3) is 2.48. The lowest BCUT2D eigenvalue weighted by atomic mass is 9.99. The number of para-hydroxylation sites is 2. The lowest BCUT2D eigenvalue weighted by Gasteiger charge is -2.39. The maximum atomic E-state index is 13.1. The first-order chi connectivity index (χ1) is 12.3. The van der Waals surface area contributed by atoms with Crippen LogP contribution < -0.4 is 4.90 Å². The molecule has 0 radical (unpaired) electrons. The zero-order valence-corrected chi connectivity index (χ0v) is 15.0. The fraction of sp³-hybridized carbons (Fsp3) is 0.0952. The molecule has 0 amide bonds. The third-order valence-electron chi connectivity index (χ3n) is 4.57. The Hall–Kier alpha value is -2.17. The van der Waals surface area contributed by atoms with Crippen molar-refractivity contribution in [3.05, 3.63) is 78.4 Å². The van der Waals surface area contributed by atoms with Gasteiger partial charge in [0, 0.05) is 26.8 Å². The second-order valence-corrected chi connectivity index (χ2v) is 8.48. The van der Waals surface area contributed by atoms with Crippen LogP contribution in [-0.2, 0) is 0 Å². The highest BCUT2D eigenvalue weighted by Gasteiger charge is 2.37. The molecule has 0 bridgehead atoms. The van der Waals surface area contributed by atoms with Crippen LogP contribution in [0.3, 0.4) is 0 Å². The molecule has 2 aliphatic heterocycles. The van der Waals surface area contributed by atoms with Crippen molar-refractivity contribution < 1.29 is 4.79 Å². The van der Waals surface area contributed by atoms with Crippen molar-refractivity contribution in [1.29, 1.82) is 0 Å². The van der Waals surface area contributed by atoms with Crippen molar-refractivity contribution in [2.24, 2.45) is 0 Å². The Morgan fingerprint density at radius 3 is 2.52 bits per heavy atom. The molecular weight excluding hydrogens is 346 g/mol.